The Labute approximate surface area is 174 Å². The molecule has 0 radical (unpaired) electrons. The Bertz CT molecular complexity index is 1130. The Morgan fingerprint density at radius 3 is 2.80 bits per heavy atom. The molecule has 3 aromatic rings. The lowest BCUT2D eigenvalue weighted by Crippen LogP contribution is -2.36. The Morgan fingerprint density at radius 1 is 1.20 bits per heavy atom. The molecule has 152 valence electrons. The maximum Gasteiger partial charge on any atom is 0.339 e. The normalized spacial score (nSPS) is 22.6. The number of benzene rings is 1. The highest BCUT2D eigenvalue weighted by atomic mass is 16.6. The number of nitrogens with zero attached hydrogens (tertiary/aromatic N) is 3. The zero-order valence-corrected chi connectivity index (χ0v) is 16.7. The minimum Gasteiger partial charge on any atom is -0.450 e. The number of hydrogen-bond donors (Lipinski definition) is 1. The van der Waals surface area contributed by atoms with Crippen LogP contribution in [0.25, 0.3) is 5.69 Å². The highest BCUT2D eigenvalue weighted by Crippen LogP contribution is 2.47. The second-order valence-corrected chi connectivity index (χ2v) is 8.00. The first-order valence-electron chi connectivity index (χ1n) is 10.2. The van der Waals surface area contributed by atoms with Crippen molar-refractivity contribution in [2.24, 2.45) is 5.92 Å². The average molecular weight is 402 g/mol. The summed E-state index contributed by atoms with van der Waals surface area (Å²) in [5, 5.41) is 7.43. The monoisotopic (exact) mass is 402 g/mol. The van der Waals surface area contributed by atoms with E-state index < -0.39 is 5.60 Å². The molecular weight excluding hydrogens is 380 g/mol. The number of carbonyl (C=O) groups is 2. The fraction of sp³-hybridized carbons (Fsp3) is 0.304. The van der Waals surface area contributed by atoms with Crippen LogP contribution >= 0.6 is 0 Å². The van der Waals surface area contributed by atoms with Gasteiger partial charge in [-0.25, -0.2) is 9.48 Å². The van der Waals surface area contributed by atoms with E-state index in [1.165, 1.54) is 0 Å². The summed E-state index contributed by atoms with van der Waals surface area (Å²) in [6, 6.07) is 11.5. The molecule has 1 aromatic carbocycles. The van der Waals surface area contributed by atoms with Crippen LogP contribution in [0.3, 0.4) is 0 Å². The van der Waals surface area contributed by atoms with Gasteiger partial charge in [-0.1, -0.05) is 18.2 Å². The smallest absolute Gasteiger partial charge is 0.339 e. The van der Waals surface area contributed by atoms with Gasteiger partial charge in [0.25, 0.3) is 0 Å². The summed E-state index contributed by atoms with van der Waals surface area (Å²) in [6.07, 6.45) is 7.70. The van der Waals surface area contributed by atoms with Gasteiger partial charge in [0, 0.05) is 36.1 Å². The van der Waals surface area contributed by atoms with E-state index in [1.807, 2.05) is 37.4 Å². The number of rotatable bonds is 3. The van der Waals surface area contributed by atoms with Crippen LogP contribution in [-0.2, 0) is 15.1 Å². The molecule has 2 aliphatic rings. The van der Waals surface area contributed by atoms with Crippen LogP contribution < -0.4 is 5.32 Å². The summed E-state index contributed by atoms with van der Waals surface area (Å²) in [5.41, 5.74) is 2.90. The molecule has 0 bridgehead atoms. The van der Waals surface area contributed by atoms with Crippen LogP contribution in [0.2, 0.25) is 0 Å². The highest BCUT2D eigenvalue weighted by molar-refractivity contribution is 5.95. The van der Waals surface area contributed by atoms with Crippen molar-refractivity contribution in [2.75, 3.05) is 5.32 Å². The van der Waals surface area contributed by atoms with Crippen molar-refractivity contribution < 1.29 is 14.3 Å². The number of amides is 1. The molecule has 7 nitrogen and oxygen atoms in total. The molecular formula is C23H22N4O3. The van der Waals surface area contributed by atoms with Crippen LogP contribution in [0.5, 0.6) is 0 Å². The number of para-hydroxylation sites is 1. The number of carbonyl (C=O) groups excluding carboxylic acids is 2. The second kappa shape index (κ2) is 7.09. The molecule has 1 fully saturated rings. The van der Waals surface area contributed by atoms with E-state index in [0.29, 0.717) is 37.1 Å². The number of aromatic nitrogens is 3. The summed E-state index contributed by atoms with van der Waals surface area (Å²) in [6.45, 7) is 2.02. The number of hydrogen-bond acceptors (Lipinski definition) is 5. The third-order valence-electron chi connectivity index (χ3n) is 6.19. The summed E-state index contributed by atoms with van der Waals surface area (Å²) < 4.78 is 7.51. The van der Waals surface area contributed by atoms with Gasteiger partial charge in [0.2, 0.25) is 5.91 Å². The van der Waals surface area contributed by atoms with Gasteiger partial charge in [-0.3, -0.25) is 9.78 Å². The van der Waals surface area contributed by atoms with Crippen LogP contribution in [0, 0.1) is 12.8 Å². The largest absolute Gasteiger partial charge is 0.450 e. The number of esters is 1. The quantitative estimate of drug-likeness (QED) is 0.674. The minimum absolute atomic E-state index is 0.0457. The molecule has 1 spiro atoms. The van der Waals surface area contributed by atoms with E-state index in [0.717, 1.165) is 16.8 Å². The molecule has 0 unspecified atom stereocenters. The lowest BCUT2D eigenvalue weighted by Gasteiger charge is -2.35. The summed E-state index contributed by atoms with van der Waals surface area (Å²) in [5.74, 6) is 0.0525. The van der Waals surface area contributed by atoms with Gasteiger partial charge in [-0.15, -0.1) is 0 Å². The van der Waals surface area contributed by atoms with Crippen molar-refractivity contribution in [3.05, 3.63) is 71.7 Å². The summed E-state index contributed by atoms with van der Waals surface area (Å²) >= 11 is 0. The Kier molecular flexibility index (Phi) is 4.38. The van der Waals surface area contributed by atoms with Gasteiger partial charge in [0.1, 0.15) is 5.60 Å². The standard InChI is InChI=1S/C23H22N4O3/c1-15-4-2-3-5-19(15)27-13-9-20(26-27)25-21(28)16-6-10-23(11-7-16)18-14-24-12-8-17(18)22(29)30-23/h2-5,8-9,12-14,16H,6-7,10-11H2,1H3,(H,25,26,28). The molecule has 1 aliphatic heterocycles. The molecule has 3 heterocycles. The van der Waals surface area contributed by atoms with Crippen molar-refractivity contribution in [1.82, 2.24) is 14.8 Å². The van der Waals surface area contributed by atoms with Crippen molar-refractivity contribution in [1.29, 1.82) is 0 Å². The molecule has 1 saturated carbocycles. The first-order chi connectivity index (χ1) is 14.6. The fourth-order valence-electron chi connectivity index (χ4n) is 4.51. The summed E-state index contributed by atoms with van der Waals surface area (Å²) in [4.78, 5) is 29.2. The van der Waals surface area contributed by atoms with E-state index in [4.69, 9.17) is 4.74 Å². The number of nitrogens with one attached hydrogen (secondary N) is 1. The zero-order valence-electron chi connectivity index (χ0n) is 16.7. The molecule has 30 heavy (non-hydrogen) atoms. The van der Waals surface area contributed by atoms with E-state index in [2.05, 4.69) is 15.4 Å². The molecule has 0 atom stereocenters. The third kappa shape index (κ3) is 3.07. The van der Waals surface area contributed by atoms with E-state index in [1.54, 1.807) is 29.2 Å². The molecule has 1 amide bonds. The Morgan fingerprint density at radius 2 is 2.00 bits per heavy atom. The lowest BCUT2D eigenvalue weighted by molar-refractivity contribution is -0.122. The predicted molar refractivity (Wildman–Crippen MR) is 110 cm³/mol. The second-order valence-electron chi connectivity index (χ2n) is 8.00. The minimum atomic E-state index is -0.635. The fourth-order valence-corrected chi connectivity index (χ4v) is 4.51. The van der Waals surface area contributed by atoms with E-state index in [-0.39, 0.29) is 17.8 Å². The first-order valence-corrected chi connectivity index (χ1v) is 10.2. The molecule has 1 aliphatic carbocycles. The number of ether oxygens (including phenoxy) is 1. The number of aryl methyl sites for hydroxylation is 1. The molecule has 5 rings (SSSR count). The number of anilines is 1. The van der Waals surface area contributed by atoms with E-state index >= 15 is 0 Å². The van der Waals surface area contributed by atoms with Crippen molar-refractivity contribution in [2.45, 2.75) is 38.2 Å². The Hall–Kier alpha value is -3.48. The first kappa shape index (κ1) is 18.5. The van der Waals surface area contributed by atoms with Gasteiger partial charge in [0.05, 0.1) is 11.3 Å². The van der Waals surface area contributed by atoms with Gasteiger partial charge in [0.15, 0.2) is 5.82 Å². The van der Waals surface area contributed by atoms with E-state index in [9.17, 15) is 9.59 Å². The topological polar surface area (TPSA) is 86.1 Å². The van der Waals surface area contributed by atoms with Crippen LogP contribution in [0.15, 0.2) is 55.0 Å². The highest BCUT2D eigenvalue weighted by Gasteiger charge is 2.48. The van der Waals surface area contributed by atoms with Crippen molar-refractivity contribution in [3.8, 4) is 5.69 Å². The number of fused-ring (bicyclic) bond motifs is 2. The van der Waals surface area contributed by atoms with Crippen molar-refractivity contribution in [3.63, 3.8) is 0 Å². The van der Waals surface area contributed by atoms with Crippen LogP contribution in [0.1, 0.15) is 47.2 Å². The summed E-state index contributed by atoms with van der Waals surface area (Å²) in [7, 11) is 0. The molecule has 2 aromatic heterocycles. The maximum atomic E-state index is 12.8. The van der Waals surface area contributed by atoms with Gasteiger partial charge < -0.3 is 10.1 Å². The SMILES string of the molecule is Cc1ccccc1-n1ccc(NC(=O)C2CCC3(CC2)OC(=O)c2ccncc23)n1. The van der Waals surface area contributed by atoms with Crippen LogP contribution in [0.4, 0.5) is 5.82 Å². The van der Waals surface area contributed by atoms with Crippen molar-refractivity contribution >= 4 is 17.7 Å². The molecule has 7 heteroatoms. The van der Waals surface area contributed by atoms with Gasteiger partial charge in [-0.05, 0) is 50.3 Å². The van der Waals surface area contributed by atoms with Crippen LogP contribution in [-0.4, -0.2) is 26.6 Å². The number of pyridine rings is 1. The Balaban J connectivity index is 1.25. The maximum absolute atomic E-state index is 12.8. The lowest BCUT2D eigenvalue weighted by atomic mass is 9.75. The average Bonchev–Trinajstić information content (AvgIpc) is 3.32. The predicted octanol–water partition coefficient (Wildman–Crippen LogP) is 3.77. The van der Waals surface area contributed by atoms with Gasteiger partial charge >= 0.3 is 5.97 Å². The zero-order chi connectivity index (χ0) is 20.7. The third-order valence-corrected chi connectivity index (χ3v) is 6.19. The van der Waals surface area contributed by atoms with Gasteiger partial charge in [-0.2, -0.15) is 5.10 Å². The molecule has 0 saturated heterocycles. The molecule has 1 N–H and O–H groups in total.